The van der Waals surface area contributed by atoms with E-state index >= 15 is 0 Å². The minimum atomic E-state index is -4.60. The zero-order chi connectivity index (χ0) is 19.8. The fourth-order valence-electron chi connectivity index (χ4n) is 2.99. The lowest BCUT2D eigenvalue weighted by molar-refractivity contribution is -0.734. The highest BCUT2D eigenvalue weighted by Gasteiger charge is 2.31. The van der Waals surface area contributed by atoms with Crippen molar-refractivity contribution in [3.63, 3.8) is 0 Å². The zero-order valence-corrected chi connectivity index (χ0v) is 14.2. The number of hydrogen-bond donors (Lipinski definition) is 0. The molecule has 0 aliphatic rings. The maximum atomic E-state index is 13.0. The van der Waals surface area contributed by atoms with Crippen molar-refractivity contribution in [1.29, 1.82) is 5.26 Å². The van der Waals surface area contributed by atoms with Gasteiger partial charge in [0.1, 0.15) is 11.6 Å². The topological polar surface area (TPSA) is 72.2 Å². The summed E-state index contributed by atoms with van der Waals surface area (Å²) in [5.41, 5.74) is -1.87. The van der Waals surface area contributed by atoms with Crippen LogP contribution in [0.3, 0.4) is 0 Å². The van der Waals surface area contributed by atoms with Gasteiger partial charge in [0.15, 0.2) is 0 Å². The highest BCUT2D eigenvalue weighted by Crippen LogP contribution is 2.32. The summed E-state index contributed by atoms with van der Waals surface area (Å²) in [5.74, 6) is -0.728. The first kappa shape index (κ1) is 18.5. The van der Waals surface area contributed by atoms with Crippen LogP contribution in [0.15, 0.2) is 53.5 Å². The van der Waals surface area contributed by atoms with Crippen LogP contribution in [0.2, 0.25) is 0 Å². The summed E-state index contributed by atoms with van der Waals surface area (Å²) in [6, 6.07) is 10.3. The van der Waals surface area contributed by atoms with Crippen molar-refractivity contribution in [2.24, 2.45) is 0 Å². The number of pyridine rings is 1. The Kier molecular flexibility index (Phi) is 4.62. The third kappa shape index (κ3) is 3.24. The van der Waals surface area contributed by atoms with Crippen LogP contribution in [0.5, 0.6) is 5.88 Å². The maximum absolute atomic E-state index is 13.0. The summed E-state index contributed by atoms with van der Waals surface area (Å²) in [6.07, 6.45) is -3.16. The second kappa shape index (κ2) is 6.76. The molecule has 1 unspecified atom stereocenters. The van der Waals surface area contributed by atoms with Gasteiger partial charge in [-0.25, -0.2) is 9.36 Å². The number of nitriles is 1. The molecule has 0 aliphatic carbocycles. The Labute approximate surface area is 152 Å². The Balaban J connectivity index is 2.38. The zero-order valence-electron chi connectivity index (χ0n) is 14.2. The van der Waals surface area contributed by atoms with Crippen molar-refractivity contribution in [2.75, 3.05) is 0 Å². The van der Waals surface area contributed by atoms with E-state index in [0.717, 1.165) is 18.2 Å². The SMILES string of the molecule is CC(CC#N)[n+]1c([O-])c(-c2cccc(C(F)(F)F)c2)c(=O)n2ccccc21. The normalized spacial score (nSPS) is 12.7. The Morgan fingerprint density at radius 3 is 2.67 bits per heavy atom. The number of fused-ring (bicyclic) bond motifs is 1. The van der Waals surface area contributed by atoms with E-state index in [9.17, 15) is 23.1 Å². The predicted octanol–water partition coefficient (Wildman–Crippen LogP) is 2.82. The van der Waals surface area contributed by atoms with Crippen LogP contribution in [0.4, 0.5) is 13.2 Å². The average molecular weight is 373 g/mol. The molecular formula is C19H14F3N3O2. The number of halogens is 3. The summed E-state index contributed by atoms with van der Waals surface area (Å²) in [7, 11) is 0. The van der Waals surface area contributed by atoms with Gasteiger partial charge in [-0.15, -0.1) is 0 Å². The van der Waals surface area contributed by atoms with Gasteiger partial charge >= 0.3 is 11.7 Å². The van der Waals surface area contributed by atoms with E-state index in [1.54, 1.807) is 25.1 Å². The van der Waals surface area contributed by atoms with Gasteiger partial charge in [0.05, 0.1) is 30.1 Å². The van der Waals surface area contributed by atoms with Gasteiger partial charge in [0.2, 0.25) is 0 Å². The minimum absolute atomic E-state index is 0.00466. The molecule has 0 fully saturated rings. The second-order valence-electron chi connectivity index (χ2n) is 6.07. The molecule has 0 N–H and O–H groups in total. The van der Waals surface area contributed by atoms with Crippen molar-refractivity contribution in [2.45, 2.75) is 25.6 Å². The van der Waals surface area contributed by atoms with E-state index in [2.05, 4.69) is 0 Å². The Hall–Kier alpha value is -3.34. The van der Waals surface area contributed by atoms with Crippen LogP contribution in [-0.4, -0.2) is 4.40 Å². The Morgan fingerprint density at radius 2 is 2.00 bits per heavy atom. The minimum Gasteiger partial charge on any atom is -0.842 e. The van der Waals surface area contributed by atoms with Crippen molar-refractivity contribution < 1.29 is 22.8 Å². The third-order valence-corrected chi connectivity index (χ3v) is 4.26. The second-order valence-corrected chi connectivity index (χ2v) is 6.07. The first-order valence-electron chi connectivity index (χ1n) is 8.06. The smallest absolute Gasteiger partial charge is 0.416 e. The highest BCUT2D eigenvalue weighted by molar-refractivity contribution is 5.67. The molecule has 0 bridgehead atoms. The number of rotatable bonds is 3. The molecule has 2 heterocycles. The monoisotopic (exact) mass is 373 g/mol. The lowest BCUT2D eigenvalue weighted by atomic mass is 10.0. The summed E-state index contributed by atoms with van der Waals surface area (Å²) in [5, 5.41) is 22.0. The Morgan fingerprint density at radius 1 is 1.26 bits per heavy atom. The van der Waals surface area contributed by atoms with E-state index in [-0.39, 0.29) is 23.2 Å². The van der Waals surface area contributed by atoms with Crippen LogP contribution in [0, 0.1) is 11.3 Å². The molecule has 0 saturated heterocycles. The average Bonchev–Trinajstić information content (AvgIpc) is 2.62. The summed E-state index contributed by atoms with van der Waals surface area (Å²) >= 11 is 0. The van der Waals surface area contributed by atoms with E-state index in [4.69, 9.17) is 5.26 Å². The van der Waals surface area contributed by atoms with Crippen LogP contribution in [0.25, 0.3) is 16.8 Å². The molecule has 1 atom stereocenters. The fraction of sp³-hybridized carbons (Fsp3) is 0.211. The van der Waals surface area contributed by atoms with Gasteiger partial charge in [-0.1, -0.05) is 18.2 Å². The van der Waals surface area contributed by atoms with E-state index in [1.807, 2.05) is 6.07 Å². The molecule has 0 spiro atoms. The van der Waals surface area contributed by atoms with E-state index in [0.29, 0.717) is 0 Å². The van der Waals surface area contributed by atoms with Crippen molar-refractivity contribution in [3.8, 4) is 23.1 Å². The molecular weight excluding hydrogens is 359 g/mol. The van der Waals surface area contributed by atoms with Crippen molar-refractivity contribution in [3.05, 3.63) is 64.6 Å². The lowest BCUT2D eigenvalue weighted by Crippen LogP contribution is -2.46. The molecule has 3 rings (SSSR count). The van der Waals surface area contributed by atoms with Gasteiger partial charge in [0.25, 0.3) is 5.65 Å². The van der Waals surface area contributed by atoms with Gasteiger partial charge < -0.3 is 5.11 Å². The molecule has 5 nitrogen and oxygen atoms in total. The number of alkyl halides is 3. The summed E-state index contributed by atoms with van der Waals surface area (Å²) in [4.78, 5) is 12.8. The molecule has 2 aromatic heterocycles. The molecule has 138 valence electrons. The molecule has 8 heteroatoms. The van der Waals surface area contributed by atoms with E-state index in [1.165, 1.54) is 21.2 Å². The van der Waals surface area contributed by atoms with E-state index < -0.39 is 29.2 Å². The highest BCUT2D eigenvalue weighted by atomic mass is 19.4. The first-order chi connectivity index (χ1) is 12.8. The van der Waals surface area contributed by atoms with Gasteiger partial charge in [-0.3, -0.25) is 0 Å². The first-order valence-corrected chi connectivity index (χ1v) is 8.06. The summed E-state index contributed by atoms with van der Waals surface area (Å²) in [6.45, 7) is 1.64. The lowest BCUT2D eigenvalue weighted by Gasteiger charge is -2.20. The number of nitrogens with zero attached hydrogens (tertiary/aromatic N) is 3. The molecule has 0 saturated carbocycles. The number of aromatic nitrogens is 2. The number of benzene rings is 1. The van der Waals surface area contributed by atoms with Crippen LogP contribution >= 0.6 is 0 Å². The molecule has 0 amide bonds. The fourth-order valence-corrected chi connectivity index (χ4v) is 2.99. The quantitative estimate of drug-likeness (QED) is 0.663. The van der Waals surface area contributed by atoms with Crippen LogP contribution < -0.4 is 15.2 Å². The maximum Gasteiger partial charge on any atom is 0.416 e. The van der Waals surface area contributed by atoms with Gasteiger partial charge in [-0.05, 0) is 30.7 Å². The summed E-state index contributed by atoms with van der Waals surface area (Å²) < 4.78 is 41.6. The van der Waals surface area contributed by atoms with Crippen molar-refractivity contribution in [1.82, 2.24) is 4.40 Å². The Bertz CT molecular complexity index is 1110. The predicted molar refractivity (Wildman–Crippen MR) is 88.7 cm³/mol. The molecule has 0 radical (unpaired) electrons. The largest absolute Gasteiger partial charge is 0.842 e. The molecule has 0 aliphatic heterocycles. The number of hydrogen-bond acceptors (Lipinski definition) is 3. The standard InChI is InChI=1S/C19H14F3N3O2/c1-12(8-9-23)25-15-7-2-3-10-24(15)17(26)16(18(25)27)13-5-4-6-14(11-13)19(20,21)22/h2-7,10-12H,8H2,1H3. The molecule has 3 aromatic rings. The molecule has 27 heavy (non-hydrogen) atoms. The molecule has 1 aromatic carbocycles. The van der Waals surface area contributed by atoms with Crippen molar-refractivity contribution >= 4 is 5.65 Å². The van der Waals surface area contributed by atoms with Crippen LogP contribution in [-0.2, 0) is 6.18 Å². The van der Waals surface area contributed by atoms with Gasteiger partial charge in [-0.2, -0.15) is 22.8 Å². The van der Waals surface area contributed by atoms with Gasteiger partial charge in [0, 0.05) is 6.07 Å². The third-order valence-electron chi connectivity index (χ3n) is 4.26. The van der Waals surface area contributed by atoms with Crippen LogP contribution in [0.1, 0.15) is 24.9 Å².